The molecule has 0 aromatic carbocycles. The van der Waals surface area contributed by atoms with Crippen molar-refractivity contribution in [2.75, 3.05) is 41.8 Å². The SMILES string of the molecule is Nc1ncc(-c2cc(N3C[C@@H]4C[C@H]3CO4)nc(N3CCC4(CC4)C3)n2)cn1. The van der Waals surface area contributed by atoms with E-state index < -0.39 is 0 Å². The van der Waals surface area contributed by atoms with Gasteiger partial charge in [0.2, 0.25) is 11.9 Å². The van der Waals surface area contributed by atoms with Crippen LogP contribution >= 0.6 is 0 Å². The number of aromatic nitrogens is 4. The molecule has 8 heteroatoms. The van der Waals surface area contributed by atoms with Gasteiger partial charge in [0.15, 0.2) is 0 Å². The average molecular weight is 365 g/mol. The predicted molar refractivity (Wildman–Crippen MR) is 101 cm³/mol. The van der Waals surface area contributed by atoms with Crippen LogP contribution in [0.1, 0.15) is 25.7 Å². The lowest BCUT2D eigenvalue weighted by Crippen LogP contribution is -2.38. The minimum atomic E-state index is 0.275. The van der Waals surface area contributed by atoms with Gasteiger partial charge in [0.25, 0.3) is 0 Å². The van der Waals surface area contributed by atoms with Crippen LogP contribution in [0.3, 0.4) is 0 Å². The highest BCUT2D eigenvalue weighted by Crippen LogP contribution is 2.53. The summed E-state index contributed by atoms with van der Waals surface area (Å²) < 4.78 is 5.77. The van der Waals surface area contributed by atoms with Crippen molar-refractivity contribution in [2.45, 2.75) is 37.8 Å². The Kier molecular flexibility index (Phi) is 3.18. The number of anilines is 3. The second-order valence-electron chi connectivity index (χ2n) is 8.41. The zero-order chi connectivity index (χ0) is 18.0. The van der Waals surface area contributed by atoms with Crippen molar-refractivity contribution in [3.63, 3.8) is 0 Å². The number of nitrogens with two attached hydrogens (primary N) is 1. The third kappa shape index (κ3) is 2.62. The summed E-state index contributed by atoms with van der Waals surface area (Å²) in [5.41, 5.74) is 7.92. The van der Waals surface area contributed by atoms with E-state index in [0.29, 0.717) is 17.6 Å². The lowest BCUT2D eigenvalue weighted by Gasteiger charge is -2.29. The zero-order valence-corrected chi connectivity index (χ0v) is 15.2. The monoisotopic (exact) mass is 365 g/mol. The van der Waals surface area contributed by atoms with Crippen molar-refractivity contribution in [2.24, 2.45) is 5.41 Å². The molecule has 3 aliphatic heterocycles. The van der Waals surface area contributed by atoms with Gasteiger partial charge in [-0.05, 0) is 31.1 Å². The number of morpholine rings is 1. The van der Waals surface area contributed by atoms with Crippen molar-refractivity contribution in [3.8, 4) is 11.3 Å². The maximum atomic E-state index is 5.77. The molecule has 0 amide bonds. The molecule has 2 aromatic rings. The lowest BCUT2D eigenvalue weighted by atomic mass is 10.1. The number of fused-ring (bicyclic) bond motifs is 2. The first kappa shape index (κ1) is 15.6. The Balaban J connectivity index is 1.40. The van der Waals surface area contributed by atoms with Crippen molar-refractivity contribution >= 4 is 17.7 Å². The molecule has 2 N–H and O–H groups in total. The second-order valence-corrected chi connectivity index (χ2v) is 8.41. The molecule has 2 atom stereocenters. The van der Waals surface area contributed by atoms with E-state index in [1.807, 2.05) is 0 Å². The van der Waals surface area contributed by atoms with Gasteiger partial charge in [0.1, 0.15) is 5.82 Å². The molecule has 0 unspecified atom stereocenters. The minimum Gasteiger partial charge on any atom is -0.374 e. The van der Waals surface area contributed by atoms with E-state index >= 15 is 0 Å². The van der Waals surface area contributed by atoms with Crippen LogP contribution in [0.4, 0.5) is 17.7 Å². The van der Waals surface area contributed by atoms with Crippen LogP contribution in [-0.2, 0) is 4.74 Å². The van der Waals surface area contributed by atoms with Gasteiger partial charge >= 0.3 is 0 Å². The molecule has 6 rings (SSSR count). The highest BCUT2D eigenvalue weighted by Gasteiger charge is 2.48. The molecular formula is C19H23N7O. The molecule has 27 heavy (non-hydrogen) atoms. The van der Waals surface area contributed by atoms with Crippen molar-refractivity contribution in [1.82, 2.24) is 19.9 Å². The lowest BCUT2D eigenvalue weighted by molar-refractivity contribution is 0.0989. The van der Waals surface area contributed by atoms with E-state index in [0.717, 1.165) is 55.7 Å². The third-order valence-electron chi connectivity index (χ3n) is 6.54. The van der Waals surface area contributed by atoms with Crippen LogP contribution in [0.2, 0.25) is 0 Å². The molecule has 1 spiro atoms. The molecule has 4 aliphatic rings. The van der Waals surface area contributed by atoms with Gasteiger partial charge in [-0.15, -0.1) is 0 Å². The fourth-order valence-corrected chi connectivity index (χ4v) is 4.70. The van der Waals surface area contributed by atoms with E-state index in [1.165, 1.54) is 19.3 Å². The van der Waals surface area contributed by atoms with Gasteiger partial charge in [-0.1, -0.05) is 0 Å². The summed E-state index contributed by atoms with van der Waals surface area (Å²) in [6.45, 7) is 3.81. The molecule has 1 aliphatic carbocycles. The summed E-state index contributed by atoms with van der Waals surface area (Å²) in [6, 6.07) is 2.48. The highest BCUT2D eigenvalue weighted by molar-refractivity contribution is 5.65. The Hall–Kier alpha value is -2.48. The molecule has 140 valence electrons. The maximum Gasteiger partial charge on any atom is 0.227 e. The van der Waals surface area contributed by atoms with Crippen LogP contribution in [0.5, 0.6) is 0 Å². The summed E-state index contributed by atoms with van der Waals surface area (Å²) in [6.07, 6.45) is 8.84. The smallest absolute Gasteiger partial charge is 0.227 e. The van der Waals surface area contributed by atoms with Crippen molar-refractivity contribution in [1.29, 1.82) is 0 Å². The van der Waals surface area contributed by atoms with Crippen LogP contribution < -0.4 is 15.5 Å². The first-order chi connectivity index (χ1) is 13.2. The minimum absolute atomic E-state index is 0.275. The zero-order valence-electron chi connectivity index (χ0n) is 15.2. The van der Waals surface area contributed by atoms with E-state index in [-0.39, 0.29) is 5.95 Å². The van der Waals surface area contributed by atoms with Crippen molar-refractivity contribution in [3.05, 3.63) is 18.5 Å². The average Bonchev–Trinajstić information content (AvgIpc) is 3.05. The van der Waals surface area contributed by atoms with Gasteiger partial charge in [-0.25, -0.2) is 15.0 Å². The van der Waals surface area contributed by atoms with Gasteiger partial charge in [0, 0.05) is 43.7 Å². The van der Waals surface area contributed by atoms with E-state index in [2.05, 4.69) is 25.8 Å². The number of hydrogen-bond acceptors (Lipinski definition) is 8. The van der Waals surface area contributed by atoms with Crippen LogP contribution in [0, 0.1) is 5.41 Å². The molecule has 4 fully saturated rings. The molecule has 2 aromatic heterocycles. The second kappa shape index (κ2) is 5.51. The molecular weight excluding hydrogens is 342 g/mol. The largest absolute Gasteiger partial charge is 0.374 e. The van der Waals surface area contributed by atoms with Crippen molar-refractivity contribution < 1.29 is 4.74 Å². The van der Waals surface area contributed by atoms with Gasteiger partial charge in [0.05, 0.1) is 24.4 Å². The number of hydrogen-bond donors (Lipinski definition) is 1. The molecule has 2 bridgehead atoms. The third-order valence-corrected chi connectivity index (χ3v) is 6.54. The Morgan fingerprint density at radius 3 is 2.67 bits per heavy atom. The van der Waals surface area contributed by atoms with E-state index in [4.69, 9.17) is 20.4 Å². The molecule has 8 nitrogen and oxygen atoms in total. The number of nitrogens with zero attached hydrogens (tertiary/aromatic N) is 6. The fraction of sp³-hybridized carbons (Fsp3) is 0.579. The summed E-state index contributed by atoms with van der Waals surface area (Å²) >= 11 is 0. The van der Waals surface area contributed by atoms with Crippen LogP contribution in [0.15, 0.2) is 18.5 Å². The topological polar surface area (TPSA) is 93.3 Å². The number of ether oxygens (including phenoxy) is 1. The Labute approximate surface area is 157 Å². The van der Waals surface area contributed by atoms with Gasteiger partial charge in [-0.3, -0.25) is 0 Å². The number of nitrogen functional groups attached to an aromatic ring is 1. The molecule has 3 saturated heterocycles. The summed E-state index contributed by atoms with van der Waals surface area (Å²) in [7, 11) is 0. The Morgan fingerprint density at radius 2 is 2.00 bits per heavy atom. The highest BCUT2D eigenvalue weighted by atomic mass is 16.5. The fourth-order valence-electron chi connectivity index (χ4n) is 4.70. The van der Waals surface area contributed by atoms with E-state index in [1.54, 1.807) is 12.4 Å². The predicted octanol–water partition coefficient (Wildman–Crippen LogP) is 1.48. The standard InChI is InChI=1S/C19H23N7O/c20-17-21-7-12(8-22-17)15-6-16(26-9-14-5-13(26)10-27-14)24-18(23-15)25-4-3-19(11-25)1-2-19/h6-8,13-14H,1-5,9-11H2,(H2,20,21,22)/t13-,14-/m0/s1. The van der Waals surface area contributed by atoms with E-state index in [9.17, 15) is 0 Å². The molecule has 0 radical (unpaired) electrons. The molecule has 1 saturated carbocycles. The number of rotatable bonds is 3. The first-order valence-electron chi connectivity index (χ1n) is 9.78. The van der Waals surface area contributed by atoms with Crippen LogP contribution in [0.25, 0.3) is 11.3 Å². The first-order valence-corrected chi connectivity index (χ1v) is 9.78. The Morgan fingerprint density at radius 1 is 1.15 bits per heavy atom. The maximum absolute atomic E-state index is 5.77. The molecule has 5 heterocycles. The summed E-state index contributed by atoms with van der Waals surface area (Å²) in [5.74, 6) is 2.09. The van der Waals surface area contributed by atoms with Gasteiger partial charge in [-0.2, -0.15) is 4.98 Å². The summed E-state index contributed by atoms with van der Waals surface area (Å²) in [4.78, 5) is 22.9. The Bertz CT molecular complexity index is 882. The normalized spacial score (nSPS) is 27.7. The van der Waals surface area contributed by atoms with Gasteiger partial charge < -0.3 is 20.3 Å². The summed E-state index contributed by atoms with van der Waals surface area (Å²) in [5, 5.41) is 0. The quantitative estimate of drug-likeness (QED) is 0.874. The van der Waals surface area contributed by atoms with Crippen LogP contribution in [-0.4, -0.2) is 58.3 Å².